The van der Waals surface area contributed by atoms with Crippen LogP contribution in [0.5, 0.6) is 11.5 Å². The fraction of sp³-hybridized carbons (Fsp3) is 0.576. The molecule has 0 aromatic heterocycles. The first kappa shape index (κ1) is 30.7. The van der Waals surface area contributed by atoms with Crippen LogP contribution in [0, 0.1) is 11.8 Å². The Bertz CT molecular complexity index is 1030. The number of aliphatic carboxylic acids is 1. The highest BCUT2D eigenvalue weighted by Gasteiger charge is 2.34. The molecule has 0 radical (unpaired) electrons. The molecule has 2 aromatic rings. The number of piperidine rings is 1. The molecule has 2 aromatic carbocycles. The lowest BCUT2D eigenvalue weighted by molar-refractivity contribution is -0.137. The number of likely N-dealkylation sites (tertiary alicyclic amines) is 1. The largest absolute Gasteiger partial charge is 0.493 e. The Hall–Kier alpha value is -2.86. The average molecular weight is 538 g/mol. The van der Waals surface area contributed by atoms with Gasteiger partial charge < -0.3 is 14.6 Å². The lowest BCUT2D eigenvalue weighted by Crippen LogP contribution is -2.34. The van der Waals surface area contributed by atoms with E-state index in [1.54, 1.807) is 14.2 Å². The summed E-state index contributed by atoms with van der Waals surface area (Å²) in [4.78, 5) is 25.6. The van der Waals surface area contributed by atoms with Gasteiger partial charge >= 0.3 is 5.97 Å². The highest BCUT2D eigenvalue weighted by molar-refractivity contribution is 6.02. The van der Waals surface area contributed by atoms with Gasteiger partial charge in [-0.25, -0.2) is 0 Å². The minimum atomic E-state index is -0.666. The normalized spacial score (nSPS) is 17.3. The zero-order chi connectivity index (χ0) is 28.0. The second-order valence-corrected chi connectivity index (χ2v) is 11.0. The Morgan fingerprint density at radius 2 is 1.59 bits per heavy atom. The number of carboxylic acids is 1. The van der Waals surface area contributed by atoms with Crippen molar-refractivity contribution in [1.29, 1.82) is 0 Å². The molecule has 4 rings (SSSR count). The zero-order valence-electron chi connectivity index (χ0n) is 24.1. The third kappa shape index (κ3) is 9.68. The molecule has 1 saturated heterocycles. The van der Waals surface area contributed by atoms with Crippen molar-refractivity contribution >= 4 is 11.8 Å². The number of carbonyl (C=O) groups is 2. The molecule has 1 atom stereocenters. The summed E-state index contributed by atoms with van der Waals surface area (Å²) in [6.45, 7) is 5.45. The molecule has 6 heteroatoms. The van der Waals surface area contributed by atoms with E-state index in [0.717, 1.165) is 56.4 Å². The predicted molar refractivity (Wildman–Crippen MR) is 156 cm³/mol. The van der Waals surface area contributed by atoms with Crippen LogP contribution in [-0.2, 0) is 17.8 Å². The SMILES string of the molecule is CCCCCCCCC(=O)O.COc1cc2c(cc1OC)C(=O)C(CC1CCN(Cc3ccccc3)CC1)C2. The molecule has 2 aliphatic rings. The first-order valence-corrected chi connectivity index (χ1v) is 14.7. The lowest BCUT2D eigenvalue weighted by atomic mass is 9.85. The maximum atomic E-state index is 12.9. The maximum Gasteiger partial charge on any atom is 0.303 e. The van der Waals surface area contributed by atoms with E-state index >= 15 is 0 Å². The molecular weight excluding hydrogens is 490 g/mol. The van der Waals surface area contributed by atoms with Crippen LogP contribution < -0.4 is 9.47 Å². The third-order valence-electron chi connectivity index (χ3n) is 8.03. The summed E-state index contributed by atoms with van der Waals surface area (Å²) in [5.41, 5.74) is 3.31. The highest BCUT2D eigenvalue weighted by Crippen LogP contribution is 2.39. The van der Waals surface area contributed by atoms with E-state index in [1.165, 1.54) is 44.1 Å². The second-order valence-electron chi connectivity index (χ2n) is 11.0. The van der Waals surface area contributed by atoms with E-state index in [2.05, 4.69) is 42.2 Å². The number of methoxy groups -OCH3 is 2. The Balaban J connectivity index is 0.000000325. The number of unbranched alkanes of at least 4 members (excludes halogenated alkanes) is 5. The summed E-state index contributed by atoms with van der Waals surface area (Å²) in [5, 5.41) is 8.32. The number of carboxylic acid groups (broad SMARTS) is 1. The molecule has 0 saturated carbocycles. The van der Waals surface area contributed by atoms with Crippen molar-refractivity contribution in [2.75, 3.05) is 27.3 Å². The summed E-state index contributed by atoms with van der Waals surface area (Å²) in [6.07, 6.45) is 11.4. The topological polar surface area (TPSA) is 76.1 Å². The van der Waals surface area contributed by atoms with E-state index < -0.39 is 5.97 Å². The van der Waals surface area contributed by atoms with Gasteiger partial charge in [-0.15, -0.1) is 0 Å². The van der Waals surface area contributed by atoms with Gasteiger partial charge in [-0.05, 0) is 74.4 Å². The van der Waals surface area contributed by atoms with Gasteiger partial charge in [0.25, 0.3) is 0 Å². The molecule has 1 unspecified atom stereocenters. The quantitative estimate of drug-likeness (QED) is 0.273. The van der Waals surface area contributed by atoms with Crippen LogP contribution in [0.2, 0.25) is 0 Å². The van der Waals surface area contributed by atoms with Gasteiger partial charge in [-0.1, -0.05) is 69.4 Å². The molecule has 214 valence electrons. The number of nitrogens with zero attached hydrogens (tertiary/aromatic N) is 1. The second kappa shape index (κ2) is 16.3. The van der Waals surface area contributed by atoms with Crippen molar-refractivity contribution in [3.63, 3.8) is 0 Å². The van der Waals surface area contributed by atoms with Gasteiger partial charge in [0.15, 0.2) is 17.3 Å². The fourth-order valence-electron chi connectivity index (χ4n) is 5.77. The number of benzene rings is 2. The lowest BCUT2D eigenvalue weighted by Gasteiger charge is -2.32. The number of fused-ring (bicyclic) bond motifs is 1. The van der Waals surface area contributed by atoms with E-state index in [4.69, 9.17) is 14.6 Å². The molecule has 1 heterocycles. The van der Waals surface area contributed by atoms with Crippen molar-refractivity contribution in [2.24, 2.45) is 11.8 Å². The molecule has 6 nitrogen and oxygen atoms in total. The molecule has 1 fully saturated rings. The molecule has 1 N–H and O–H groups in total. The maximum absolute atomic E-state index is 12.9. The van der Waals surface area contributed by atoms with Crippen LogP contribution >= 0.6 is 0 Å². The molecule has 0 amide bonds. The molecular formula is C33H47NO5. The van der Waals surface area contributed by atoms with Crippen LogP contribution in [0.4, 0.5) is 0 Å². The van der Waals surface area contributed by atoms with Crippen LogP contribution in [0.3, 0.4) is 0 Å². The number of ether oxygens (including phenoxy) is 2. The standard InChI is InChI=1S/C24H29NO3.C9H18O2/c1-27-22-14-19-13-20(24(26)21(19)15-23(22)28-2)12-17-8-10-25(11-9-17)16-18-6-4-3-5-7-18;1-2-3-4-5-6-7-8-9(10)11/h3-7,14-15,17,20H,8-13,16H2,1-2H3;2-8H2,1H3,(H,10,11). The third-order valence-corrected chi connectivity index (χ3v) is 8.03. The van der Waals surface area contributed by atoms with Gasteiger partial charge in [0.2, 0.25) is 0 Å². The Morgan fingerprint density at radius 3 is 2.23 bits per heavy atom. The van der Waals surface area contributed by atoms with E-state index in [0.29, 0.717) is 23.8 Å². The number of ketones is 1. The summed E-state index contributed by atoms with van der Waals surface area (Å²) < 4.78 is 10.8. The van der Waals surface area contributed by atoms with Crippen molar-refractivity contribution in [2.45, 2.75) is 84.1 Å². The number of hydrogen-bond donors (Lipinski definition) is 1. The number of hydrogen-bond acceptors (Lipinski definition) is 5. The van der Waals surface area contributed by atoms with Crippen molar-refractivity contribution in [3.8, 4) is 11.5 Å². The molecule has 1 aliphatic carbocycles. The van der Waals surface area contributed by atoms with Crippen LogP contribution in [0.1, 0.15) is 92.6 Å². The van der Waals surface area contributed by atoms with Gasteiger partial charge in [0.1, 0.15) is 0 Å². The van der Waals surface area contributed by atoms with E-state index in [-0.39, 0.29) is 11.7 Å². The Labute approximate surface area is 234 Å². The molecule has 1 aliphatic heterocycles. The van der Waals surface area contributed by atoms with Crippen LogP contribution in [0.15, 0.2) is 42.5 Å². The van der Waals surface area contributed by atoms with Crippen molar-refractivity contribution in [1.82, 2.24) is 4.90 Å². The molecule has 39 heavy (non-hydrogen) atoms. The minimum Gasteiger partial charge on any atom is -0.493 e. The summed E-state index contributed by atoms with van der Waals surface area (Å²) >= 11 is 0. The Kier molecular flexibility index (Phi) is 12.8. The van der Waals surface area contributed by atoms with Gasteiger partial charge in [0.05, 0.1) is 14.2 Å². The summed E-state index contributed by atoms with van der Waals surface area (Å²) in [6, 6.07) is 14.5. The van der Waals surface area contributed by atoms with Crippen LogP contribution in [0.25, 0.3) is 0 Å². The smallest absolute Gasteiger partial charge is 0.303 e. The van der Waals surface area contributed by atoms with Crippen molar-refractivity contribution < 1.29 is 24.2 Å². The predicted octanol–water partition coefficient (Wildman–Crippen LogP) is 7.18. The number of rotatable bonds is 13. The van der Waals surface area contributed by atoms with Gasteiger partial charge in [0, 0.05) is 24.4 Å². The zero-order valence-corrected chi connectivity index (χ0v) is 24.1. The molecule has 0 bridgehead atoms. The van der Waals surface area contributed by atoms with Crippen molar-refractivity contribution in [3.05, 3.63) is 59.2 Å². The average Bonchev–Trinajstić information content (AvgIpc) is 3.25. The summed E-state index contributed by atoms with van der Waals surface area (Å²) in [5.74, 6) is 1.72. The fourth-order valence-corrected chi connectivity index (χ4v) is 5.77. The Morgan fingerprint density at radius 1 is 0.949 bits per heavy atom. The number of Topliss-reactive ketones (excluding diaryl/α,β-unsaturated/α-hetero) is 1. The van der Waals surface area contributed by atoms with Crippen LogP contribution in [-0.4, -0.2) is 49.1 Å². The first-order valence-electron chi connectivity index (χ1n) is 14.7. The summed E-state index contributed by atoms with van der Waals surface area (Å²) in [7, 11) is 3.26. The highest BCUT2D eigenvalue weighted by atomic mass is 16.5. The van der Waals surface area contributed by atoms with E-state index in [1.807, 2.05) is 12.1 Å². The number of carbonyl (C=O) groups excluding carboxylic acids is 1. The van der Waals surface area contributed by atoms with E-state index in [9.17, 15) is 9.59 Å². The van der Waals surface area contributed by atoms with Gasteiger partial charge in [-0.3, -0.25) is 14.5 Å². The van der Waals surface area contributed by atoms with Gasteiger partial charge in [-0.2, -0.15) is 0 Å². The molecule has 0 spiro atoms. The monoisotopic (exact) mass is 537 g/mol. The first-order chi connectivity index (χ1) is 18.9. The minimum absolute atomic E-state index is 0.109.